The number of carbonyl (C=O) groups excluding carboxylic acids is 1. The summed E-state index contributed by atoms with van der Waals surface area (Å²) in [5.41, 5.74) is 0.0712. The summed E-state index contributed by atoms with van der Waals surface area (Å²) in [5.74, 6) is 1.06. The van der Waals surface area contributed by atoms with E-state index in [0.717, 1.165) is 24.1 Å². The molecule has 0 aliphatic carbocycles. The van der Waals surface area contributed by atoms with Gasteiger partial charge in [-0.3, -0.25) is 9.78 Å². The maximum absolute atomic E-state index is 13.2. The third-order valence-corrected chi connectivity index (χ3v) is 3.44. The van der Waals surface area contributed by atoms with E-state index < -0.39 is 5.82 Å². The Hall–Kier alpha value is -1.10. The SMILES string of the molecule is O=C(NC1CCSC1)c1ccncc1F. The van der Waals surface area contributed by atoms with E-state index in [1.165, 1.54) is 12.3 Å². The molecule has 1 N–H and O–H groups in total. The second kappa shape index (κ2) is 4.61. The van der Waals surface area contributed by atoms with Gasteiger partial charge in [-0.2, -0.15) is 11.8 Å². The second-order valence-electron chi connectivity index (χ2n) is 3.39. The molecule has 15 heavy (non-hydrogen) atoms. The third-order valence-electron chi connectivity index (χ3n) is 2.28. The van der Waals surface area contributed by atoms with Crippen LogP contribution < -0.4 is 5.32 Å². The molecule has 3 nitrogen and oxygen atoms in total. The number of amides is 1. The highest BCUT2D eigenvalue weighted by Crippen LogP contribution is 2.17. The van der Waals surface area contributed by atoms with Gasteiger partial charge in [-0.25, -0.2) is 4.39 Å². The minimum Gasteiger partial charge on any atom is -0.348 e. The average Bonchev–Trinajstić information content (AvgIpc) is 2.71. The lowest BCUT2D eigenvalue weighted by Gasteiger charge is -2.11. The van der Waals surface area contributed by atoms with Crippen molar-refractivity contribution >= 4 is 17.7 Å². The number of hydrogen-bond donors (Lipinski definition) is 1. The van der Waals surface area contributed by atoms with E-state index in [-0.39, 0.29) is 17.5 Å². The molecular weight excluding hydrogens is 215 g/mol. The van der Waals surface area contributed by atoms with Crippen molar-refractivity contribution in [2.24, 2.45) is 0 Å². The van der Waals surface area contributed by atoms with Gasteiger partial charge in [0.05, 0.1) is 11.8 Å². The van der Waals surface area contributed by atoms with E-state index in [9.17, 15) is 9.18 Å². The van der Waals surface area contributed by atoms with Crippen LogP contribution >= 0.6 is 11.8 Å². The van der Waals surface area contributed by atoms with E-state index in [4.69, 9.17) is 0 Å². The first-order valence-corrected chi connectivity index (χ1v) is 5.91. The van der Waals surface area contributed by atoms with Crippen LogP contribution in [-0.2, 0) is 0 Å². The van der Waals surface area contributed by atoms with Gasteiger partial charge in [0.2, 0.25) is 0 Å². The summed E-state index contributed by atoms with van der Waals surface area (Å²) in [4.78, 5) is 15.2. The van der Waals surface area contributed by atoms with Crippen LogP contribution in [0.4, 0.5) is 4.39 Å². The number of carbonyl (C=O) groups is 1. The van der Waals surface area contributed by atoms with Gasteiger partial charge in [-0.1, -0.05) is 0 Å². The molecule has 0 radical (unpaired) electrons. The Labute approximate surface area is 91.5 Å². The highest BCUT2D eigenvalue weighted by atomic mass is 32.2. The van der Waals surface area contributed by atoms with E-state index in [0.29, 0.717) is 0 Å². The molecule has 1 aromatic rings. The van der Waals surface area contributed by atoms with Crippen molar-refractivity contribution in [3.63, 3.8) is 0 Å². The number of pyridine rings is 1. The summed E-state index contributed by atoms with van der Waals surface area (Å²) in [7, 11) is 0. The molecular formula is C10H11FN2OS. The molecule has 80 valence electrons. The predicted molar refractivity (Wildman–Crippen MR) is 57.4 cm³/mol. The topological polar surface area (TPSA) is 42.0 Å². The first-order chi connectivity index (χ1) is 7.27. The lowest BCUT2D eigenvalue weighted by atomic mass is 10.2. The first kappa shape index (κ1) is 10.4. The average molecular weight is 226 g/mol. The van der Waals surface area contributed by atoms with Crippen molar-refractivity contribution in [2.75, 3.05) is 11.5 Å². The van der Waals surface area contributed by atoms with E-state index >= 15 is 0 Å². The molecule has 1 atom stereocenters. The maximum atomic E-state index is 13.2. The molecule has 1 aliphatic heterocycles. The van der Waals surface area contributed by atoms with Gasteiger partial charge in [0.25, 0.3) is 5.91 Å². The third kappa shape index (κ3) is 2.47. The highest BCUT2D eigenvalue weighted by Gasteiger charge is 2.19. The Morgan fingerprint density at radius 3 is 3.20 bits per heavy atom. The fourth-order valence-corrected chi connectivity index (χ4v) is 2.62. The number of nitrogens with zero attached hydrogens (tertiary/aromatic N) is 1. The van der Waals surface area contributed by atoms with Crippen LogP contribution in [0.25, 0.3) is 0 Å². The van der Waals surface area contributed by atoms with E-state index in [1.807, 2.05) is 0 Å². The maximum Gasteiger partial charge on any atom is 0.254 e. The first-order valence-electron chi connectivity index (χ1n) is 4.75. The molecule has 1 amide bonds. The number of nitrogens with one attached hydrogen (secondary N) is 1. The largest absolute Gasteiger partial charge is 0.348 e. The van der Waals surface area contributed by atoms with Gasteiger partial charge in [0.15, 0.2) is 5.82 Å². The lowest BCUT2D eigenvalue weighted by molar-refractivity contribution is 0.0937. The minimum atomic E-state index is -0.569. The molecule has 0 aromatic carbocycles. The van der Waals surface area contributed by atoms with Crippen molar-refractivity contribution in [2.45, 2.75) is 12.5 Å². The van der Waals surface area contributed by atoms with E-state index in [1.54, 1.807) is 11.8 Å². The second-order valence-corrected chi connectivity index (χ2v) is 4.54. The molecule has 1 unspecified atom stereocenters. The standard InChI is InChI=1S/C10H11FN2OS/c11-9-5-12-3-1-8(9)10(14)13-7-2-4-15-6-7/h1,3,5,7H,2,4,6H2,(H,13,14). The van der Waals surface area contributed by atoms with Gasteiger partial charge < -0.3 is 5.32 Å². The number of halogens is 1. The van der Waals surface area contributed by atoms with Crippen molar-refractivity contribution < 1.29 is 9.18 Å². The van der Waals surface area contributed by atoms with E-state index in [2.05, 4.69) is 10.3 Å². The van der Waals surface area contributed by atoms with Crippen LogP contribution in [0, 0.1) is 5.82 Å². The number of aromatic nitrogens is 1. The van der Waals surface area contributed by atoms with Gasteiger partial charge in [-0.05, 0) is 18.2 Å². The van der Waals surface area contributed by atoms with Crippen LogP contribution in [-0.4, -0.2) is 28.4 Å². The summed E-state index contributed by atoms with van der Waals surface area (Å²) < 4.78 is 13.2. The van der Waals surface area contributed by atoms with Crippen LogP contribution in [0.1, 0.15) is 16.8 Å². The fraction of sp³-hybridized carbons (Fsp3) is 0.400. The van der Waals surface area contributed by atoms with Crippen LogP contribution in [0.3, 0.4) is 0 Å². The molecule has 0 bridgehead atoms. The summed E-state index contributed by atoms with van der Waals surface area (Å²) in [6, 6.07) is 1.57. The Kier molecular flexibility index (Phi) is 3.20. The zero-order valence-electron chi connectivity index (χ0n) is 8.07. The zero-order chi connectivity index (χ0) is 10.7. The monoisotopic (exact) mass is 226 g/mol. The number of hydrogen-bond acceptors (Lipinski definition) is 3. The van der Waals surface area contributed by atoms with Crippen LogP contribution in [0.15, 0.2) is 18.5 Å². The predicted octanol–water partition coefficient (Wildman–Crippen LogP) is 1.46. The van der Waals surface area contributed by atoms with Crippen molar-refractivity contribution in [1.82, 2.24) is 10.3 Å². The van der Waals surface area contributed by atoms with Crippen LogP contribution in [0.2, 0.25) is 0 Å². The van der Waals surface area contributed by atoms with Crippen LogP contribution in [0.5, 0.6) is 0 Å². The Bertz CT molecular complexity index is 366. The van der Waals surface area contributed by atoms with Gasteiger partial charge in [-0.15, -0.1) is 0 Å². The Morgan fingerprint density at radius 2 is 2.53 bits per heavy atom. The van der Waals surface area contributed by atoms with Crippen molar-refractivity contribution in [1.29, 1.82) is 0 Å². The normalized spacial score (nSPS) is 20.2. The van der Waals surface area contributed by atoms with Gasteiger partial charge in [0, 0.05) is 18.0 Å². The van der Waals surface area contributed by atoms with Gasteiger partial charge in [0.1, 0.15) is 0 Å². The molecule has 1 saturated heterocycles. The fourth-order valence-electron chi connectivity index (χ4n) is 1.47. The molecule has 2 rings (SSSR count). The molecule has 1 aliphatic rings. The molecule has 2 heterocycles. The molecule has 1 aromatic heterocycles. The summed E-state index contributed by atoms with van der Waals surface area (Å²) >= 11 is 1.80. The summed E-state index contributed by atoms with van der Waals surface area (Å²) in [6.45, 7) is 0. The summed E-state index contributed by atoms with van der Waals surface area (Å²) in [5, 5.41) is 2.81. The summed E-state index contributed by atoms with van der Waals surface area (Å²) in [6.07, 6.45) is 3.43. The Balaban J connectivity index is 2.04. The van der Waals surface area contributed by atoms with Gasteiger partial charge >= 0.3 is 0 Å². The number of rotatable bonds is 2. The smallest absolute Gasteiger partial charge is 0.254 e. The minimum absolute atomic E-state index is 0.0712. The quantitative estimate of drug-likeness (QED) is 0.830. The molecule has 5 heteroatoms. The van der Waals surface area contributed by atoms with Crippen molar-refractivity contribution in [3.05, 3.63) is 29.8 Å². The molecule has 1 fully saturated rings. The Morgan fingerprint density at radius 1 is 1.67 bits per heavy atom. The zero-order valence-corrected chi connectivity index (χ0v) is 8.89. The molecule has 0 saturated carbocycles. The lowest BCUT2D eigenvalue weighted by Crippen LogP contribution is -2.35. The highest BCUT2D eigenvalue weighted by molar-refractivity contribution is 7.99. The number of thioether (sulfide) groups is 1. The van der Waals surface area contributed by atoms with Crippen molar-refractivity contribution in [3.8, 4) is 0 Å². The molecule has 0 spiro atoms.